The van der Waals surface area contributed by atoms with E-state index in [4.69, 9.17) is 0 Å². The number of aromatic nitrogens is 2. The molecule has 1 saturated heterocycles. The number of nitrogens with one attached hydrogen (secondary N) is 1. The van der Waals surface area contributed by atoms with Crippen LogP contribution in [0.2, 0.25) is 0 Å². The number of likely N-dealkylation sites (tertiary alicyclic amines) is 1. The molecule has 0 spiro atoms. The van der Waals surface area contributed by atoms with Gasteiger partial charge in [0, 0.05) is 37.9 Å². The Morgan fingerprint density at radius 3 is 2.72 bits per heavy atom. The van der Waals surface area contributed by atoms with Crippen LogP contribution in [0.5, 0.6) is 0 Å². The molecule has 2 amide bonds. The van der Waals surface area contributed by atoms with Gasteiger partial charge in [0.05, 0.1) is 12.5 Å². The van der Waals surface area contributed by atoms with E-state index in [9.17, 15) is 9.59 Å². The van der Waals surface area contributed by atoms with Crippen LogP contribution in [0.1, 0.15) is 64.1 Å². The van der Waals surface area contributed by atoms with Crippen molar-refractivity contribution in [3.05, 3.63) is 18.2 Å². The fourth-order valence-corrected chi connectivity index (χ4v) is 4.11. The van der Waals surface area contributed by atoms with Crippen LogP contribution in [0.25, 0.3) is 0 Å². The monoisotopic (exact) mass is 346 g/mol. The summed E-state index contributed by atoms with van der Waals surface area (Å²) in [6.07, 6.45) is 12.0. The van der Waals surface area contributed by atoms with E-state index in [-0.39, 0.29) is 17.7 Å². The lowest BCUT2D eigenvalue weighted by atomic mass is 9.93. The van der Waals surface area contributed by atoms with Crippen molar-refractivity contribution in [2.45, 2.75) is 77.4 Å². The SMILES string of the molecule is CCn1ccnc1CNC(=O)C1CCC(=O)N(C2CCCCCC2)C1. The lowest BCUT2D eigenvalue weighted by molar-refractivity contribution is -0.141. The Morgan fingerprint density at radius 1 is 1.24 bits per heavy atom. The molecule has 2 heterocycles. The van der Waals surface area contributed by atoms with E-state index in [1.807, 2.05) is 15.7 Å². The molecule has 1 unspecified atom stereocenters. The largest absolute Gasteiger partial charge is 0.349 e. The third kappa shape index (κ3) is 4.41. The van der Waals surface area contributed by atoms with Gasteiger partial charge in [0.25, 0.3) is 0 Å². The van der Waals surface area contributed by atoms with Gasteiger partial charge in [-0.15, -0.1) is 0 Å². The van der Waals surface area contributed by atoms with Gasteiger partial charge in [-0.25, -0.2) is 4.98 Å². The van der Waals surface area contributed by atoms with Crippen LogP contribution in [0.4, 0.5) is 0 Å². The Bertz CT molecular complexity index is 590. The van der Waals surface area contributed by atoms with Gasteiger partial charge in [-0.1, -0.05) is 25.7 Å². The quantitative estimate of drug-likeness (QED) is 0.833. The average molecular weight is 346 g/mol. The van der Waals surface area contributed by atoms with Gasteiger partial charge in [-0.05, 0) is 26.2 Å². The zero-order chi connectivity index (χ0) is 17.6. The van der Waals surface area contributed by atoms with Crippen LogP contribution in [0.3, 0.4) is 0 Å². The number of aryl methyl sites for hydroxylation is 1. The highest BCUT2D eigenvalue weighted by Crippen LogP contribution is 2.27. The van der Waals surface area contributed by atoms with E-state index in [0.29, 0.717) is 32.0 Å². The van der Waals surface area contributed by atoms with Gasteiger partial charge in [0.1, 0.15) is 5.82 Å². The summed E-state index contributed by atoms with van der Waals surface area (Å²) in [5.74, 6) is 1.07. The summed E-state index contributed by atoms with van der Waals surface area (Å²) in [6, 6.07) is 0.338. The predicted molar refractivity (Wildman–Crippen MR) is 95.7 cm³/mol. The fraction of sp³-hybridized carbons (Fsp3) is 0.737. The van der Waals surface area contributed by atoms with Crippen LogP contribution in [0.15, 0.2) is 12.4 Å². The zero-order valence-electron chi connectivity index (χ0n) is 15.2. The molecule has 0 bridgehead atoms. The standard InChI is InChI=1S/C19H30N4O2/c1-2-22-12-11-20-17(22)13-21-19(25)15-9-10-18(24)23(14-15)16-7-5-3-4-6-8-16/h11-12,15-16H,2-10,13-14H2,1H3,(H,21,25). The summed E-state index contributed by atoms with van der Waals surface area (Å²) >= 11 is 0. The Morgan fingerprint density at radius 2 is 2.00 bits per heavy atom. The van der Waals surface area contributed by atoms with Crippen molar-refractivity contribution in [1.29, 1.82) is 0 Å². The van der Waals surface area contributed by atoms with Crippen molar-refractivity contribution in [1.82, 2.24) is 19.8 Å². The van der Waals surface area contributed by atoms with E-state index in [2.05, 4.69) is 17.2 Å². The van der Waals surface area contributed by atoms with Crippen molar-refractivity contribution in [3.63, 3.8) is 0 Å². The number of carbonyl (C=O) groups is 2. The summed E-state index contributed by atoms with van der Waals surface area (Å²) in [6.45, 7) is 3.94. The molecule has 25 heavy (non-hydrogen) atoms. The summed E-state index contributed by atoms with van der Waals surface area (Å²) in [5, 5.41) is 3.02. The van der Waals surface area contributed by atoms with Crippen LogP contribution in [-0.2, 0) is 22.7 Å². The summed E-state index contributed by atoms with van der Waals surface area (Å²) < 4.78 is 2.03. The first-order valence-corrected chi connectivity index (χ1v) is 9.76. The molecule has 1 N–H and O–H groups in total. The molecule has 1 aromatic rings. The van der Waals surface area contributed by atoms with E-state index in [0.717, 1.165) is 25.2 Å². The number of nitrogens with zero attached hydrogens (tertiary/aromatic N) is 3. The fourth-order valence-electron chi connectivity index (χ4n) is 4.11. The van der Waals surface area contributed by atoms with E-state index < -0.39 is 0 Å². The minimum Gasteiger partial charge on any atom is -0.349 e. The minimum atomic E-state index is -0.0917. The maximum atomic E-state index is 12.6. The molecule has 1 aromatic heterocycles. The Balaban J connectivity index is 1.56. The molecular weight excluding hydrogens is 316 g/mol. The highest BCUT2D eigenvalue weighted by molar-refractivity contribution is 5.83. The third-order valence-corrected chi connectivity index (χ3v) is 5.64. The highest BCUT2D eigenvalue weighted by Gasteiger charge is 2.34. The maximum absolute atomic E-state index is 12.6. The van der Waals surface area contributed by atoms with Crippen LogP contribution >= 0.6 is 0 Å². The zero-order valence-corrected chi connectivity index (χ0v) is 15.2. The summed E-state index contributed by atoms with van der Waals surface area (Å²) in [7, 11) is 0. The molecule has 1 aliphatic carbocycles. The lowest BCUT2D eigenvalue weighted by Crippen LogP contribution is -2.49. The molecule has 1 atom stereocenters. The van der Waals surface area contributed by atoms with Crippen LogP contribution < -0.4 is 5.32 Å². The molecule has 1 aliphatic heterocycles. The maximum Gasteiger partial charge on any atom is 0.225 e. The smallest absolute Gasteiger partial charge is 0.225 e. The van der Waals surface area contributed by atoms with Gasteiger partial charge < -0.3 is 14.8 Å². The van der Waals surface area contributed by atoms with Crippen molar-refractivity contribution in [2.24, 2.45) is 5.92 Å². The number of carbonyl (C=O) groups excluding carboxylic acids is 2. The van der Waals surface area contributed by atoms with Gasteiger partial charge >= 0.3 is 0 Å². The first-order valence-electron chi connectivity index (χ1n) is 9.76. The highest BCUT2D eigenvalue weighted by atomic mass is 16.2. The first kappa shape index (κ1) is 18.0. The summed E-state index contributed by atoms with van der Waals surface area (Å²) in [5.41, 5.74) is 0. The second kappa shape index (κ2) is 8.50. The molecule has 0 aromatic carbocycles. The van der Waals surface area contributed by atoms with Crippen molar-refractivity contribution >= 4 is 11.8 Å². The Labute approximate surface area is 150 Å². The van der Waals surface area contributed by atoms with E-state index >= 15 is 0 Å². The number of hydrogen-bond donors (Lipinski definition) is 1. The number of rotatable bonds is 5. The number of amides is 2. The van der Waals surface area contributed by atoms with Gasteiger partial charge in [0.15, 0.2) is 0 Å². The van der Waals surface area contributed by atoms with Crippen molar-refractivity contribution in [2.75, 3.05) is 6.54 Å². The normalized spacial score (nSPS) is 22.7. The lowest BCUT2D eigenvalue weighted by Gasteiger charge is -2.37. The molecule has 138 valence electrons. The Kier molecular flexibility index (Phi) is 6.10. The average Bonchev–Trinajstić information content (AvgIpc) is 2.92. The molecule has 2 aliphatic rings. The number of hydrogen-bond acceptors (Lipinski definition) is 3. The van der Waals surface area contributed by atoms with Crippen molar-refractivity contribution < 1.29 is 9.59 Å². The number of piperidine rings is 1. The molecule has 0 radical (unpaired) electrons. The van der Waals surface area contributed by atoms with Gasteiger partial charge in [0.2, 0.25) is 11.8 Å². The van der Waals surface area contributed by atoms with Crippen LogP contribution in [-0.4, -0.2) is 38.9 Å². The second-order valence-corrected chi connectivity index (χ2v) is 7.27. The molecule has 3 rings (SSSR count). The van der Waals surface area contributed by atoms with Gasteiger partial charge in [-0.3, -0.25) is 9.59 Å². The van der Waals surface area contributed by atoms with Gasteiger partial charge in [-0.2, -0.15) is 0 Å². The first-order chi connectivity index (χ1) is 12.2. The summed E-state index contributed by atoms with van der Waals surface area (Å²) in [4.78, 5) is 31.3. The number of imidazole rings is 1. The second-order valence-electron chi connectivity index (χ2n) is 7.27. The third-order valence-electron chi connectivity index (χ3n) is 5.64. The predicted octanol–water partition coefficient (Wildman–Crippen LogP) is 2.48. The Hall–Kier alpha value is -1.85. The molecule has 2 fully saturated rings. The molecule has 6 nitrogen and oxygen atoms in total. The molecule has 6 heteroatoms. The van der Waals surface area contributed by atoms with Crippen LogP contribution in [0, 0.1) is 5.92 Å². The van der Waals surface area contributed by atoms with E-state index in [1.54, 1.807) is 6.20 Å². The van der Waals surface area contributed by atoms with E-state index in [1.165, 1.54) is 25.7 Å². The van der Waals surface area contributed by atoms with Crippen molar-refractivity contribution in [3.8, 4) is 0 Å². The molecular formula is C19H30N4O2. The topological polar surface area (TPSA) is 67.2 Å². The molecule has 1 saturated carbocycles. The minimum absolute atomic E-state index is 0.0526.